The minimum Gasteiger partial charge on any atom is -0.382 e. The van der Waals surface area contributed by atoms with Crippen LogP contribution in [0.1, 0.15) is 23.5 Å². The van der Waals surface area contributed by atoms with Crippen LogP contribution in [-0.4, -0.2) is 43.6 Å². The number of nitrogen functional groups attached to an aromatic ring is 1. The first-order valence-corrected chi connectivity index (χ1v) is 7.36. The van der Waals surface area contributed by atoms with Gasteiger partial charge in [0.05, 0.1) is 6.61 Å². The molecule has 0 aliphatic carbocycles. The predicted octanol–water partition coefficient (Wildman–Crippen LogP) is 1.80. The van der Waals surface area contributed by atoms with E-state index in [0.717, 1.165) is 17.9 Å². The van der Waals surface area contributed by atoms with Crippen LogP contribution in [-0.2, 0) is 4.74 Å². The summed E-state index contributed by atoms with van der Waals surface area (Å²) in [6.07, 6.45) is -2.51. The molecule has 21 heavy (non-hydrogen) atoms. The topological polar surface area (TPSA) is 89.3 Å². The summed E-state index contributed by atoms with van der Waals surface area (Å²) in [5.41, 5.74) is 5.69. The van der Waals surface area contributed by atoms with E-state index in [4.69, 9.17) is 5.73 Å². The van der Waals surface area contributed by atoms with E-state index >= 15 is 0 Å². The van der Waals surface area contributed by atoms with Gasteiger partial charge in [-0.2, -0.15) is 0 Å². The van der Waals surface area contributed by atoms with Crippen molar-refractivity contribution >= 4 is 28.2 Å². The van der Waals surface area contributed by atoms with Crippen molar-refractivity contribution in [3.63, 3.8) is 0 Å². The molecule has 120 valence electrons. The van der Waals surface area contributed by atoms with Gasteiger partial charge in [0.2, 0.25) is 0 Å². The minimum absolute atomic E-state index is 0.0211. The third kappa shape index (κ3) is 6.67. The minimum atomic E-state index is -2.51. The number of hydrogen-bond acceptors (Lipinski definition) is 6. The molecule has 0 aliphatic heterocycles. The van der Waals surface area contributed by atoms with Crippen molar-refractivity contribution in [2.45, 2.75) is 20.3 Å². The molecular formula is C12H20F2N4O2S. The fraction of sp³-hybridized carbons (Fsp3) is 0.667. The zero-order valence-electron chi connectivity index (χ0n) is 12.0. The summed E-state index contributed by atoms with van der Waals surface area (Å²) < 4.78 is 28.3. The van der Waals surface area contributed by atoms with Crippen LogP contribution in [0.5, 0.6) is 0 Å². The third-order valence-corrected chi connectivity index (χ3v) is 3.32. The number of rotatable bonds is 9. The smallest absolute Gasteiger partial charge is 0.265 e. The van der Waals surface area contributed by atoms with Gasteiger partial charge in [-0.3, -0.25) is 4.79 Å². The number of halogens is 2. The van der Waals surface area contributed by atoms with Crippen molar-refractivity contribution in [3.8, 4) is 0 Å². The molecule has 1 aromatic rings. The molecule has 0 spiro atoms. The molecule has 1 aromatic heterocycles. The molecular weight excluding hydrogens is 302 g/mol. The quantitative estimate of drug-likeness (QED) is 0.603. The number of hydrogen-bond donors (Lipinski definition) is 3. The highest BCUT2D eigenvalue weighted by molar-refractivity contribution is 7.18. The van der Waals surface area contributed by atoms with Crippen LogP contribution < -0.4 is 16.4 Å². The molecule has 0 saturated carbocycles. The molecule has 1 rings (SSSR count). The number of alkyl halides is 2. The fourth-order valence-corrected chi connectivity index (χ4v) is 2.16. The average molecular weight is 322 g/mol. The molecule has 0 bridgehead atoms. The number of nitrogens with one attached hydrogen (secondary N) is 2. The summed E-state index contributed by atoms with van der Waals surface area (Å²) in [6, 6.07) is 0. The highest BCUT2D eigenvalue weighted by Gasteiger charge is 2.15. The van der Waals surface area contributed by atoms with Gasteiger partial charge in [0.25, 0.3) is 12.3 Å². The van der Waals surface area contributed by atoms with Crippen molar-refractivity contribution in [1.29, 1.82) is 0 Å². The molecule has 0 aliphatic rings. The number of thiazole rings is 1. The van der Waals surface area contributed by atoms with Crippen molar-refractivity contribution in [3.05, 3.63) is 4.88 Å². The number of carbonyl (C=O) groups is 1. The van der Waals surface area contributed by atoms with Gasteiger partial charge in [0.1, 0.15) is 17.3 Å². The summed E-state index contributed by atoms with van der Waals surface area (Å²) in [7, 11) is 0. The van der Waals surface area contributed by atoms with Gasteiger partial charge < -0.3 is 21.1 Å². The molecule has 0 aromatic carbocycles. The lowest BCUT2D eigenvalue weighted by Gasteiger charge is -2.05. The molecule has 0 atom stereocenters. The molecule has 6 nitrogen and oxygen atoms in total. The molecule has 0 saturated heterocycles. The lowest BCUT2D eigenvalue weighted by atomic mass is 10.2. The molecule has 9 heteroatoms. The third-order valence-electron chi connectivity index (χ3n) is 2.30. The maximum atomic E-state index is 11.9. The zero-order chi connectivity index (χ0) is 15.8. The van der Waals surface area contributed by atoms with Crippen LogP contribution in [0.25, 0.3) is 0 Å². The van der Waals surface area contributed by atoms with E-state index in [1.54, 1.807) is 0 Å². The highest BCUT2D eigenvalue weighted by Crippen LogP contribution is 2.24. The average Bonchev–Trinajstić information content (AvgIpc) is 2.76. The molecule has 1 amide bonds. The van der Waals surface area contributed by atoms with E-state index in [1.807, 2.05) is 0 Å². The lowest BCUT2D eigenvalue weighted by molar-refractivity contribution is 0.0188. The molecule has 0 unspecified atom stereocenters. The summed E-state index contributed by atoms with van der Waals surface area (Å²) in [5, 5.41) is 6.22. The summed E-state index contributed by atoms with van der Waals surface area (Å²) in [5.74, 6) is 0.208. The Balaban J connectivity index is 2.39. The first kappa shape index (κ1) is 17.6. The standard InChI is InChI=1S/C12H20F2N4O2S/c1-7(2)5-17-12-18-10(15)9(21-12)11(19)16-3-4-20-6-8(13)14/h7-8H,3-6,15H2,1-2H3,(H,16,19)(H,17,18). The number of carbonyl (C=O) groups excluding carboxylic acids is 1. The summed E-state index contributed by atoms with van der Waals surface area (Å²) >= 11 is 1.16. The summed E-state index contributed by atoms with van der Waals surface area (Å²) in [4.78, 5) is 16.2. The van der Waals surface area contributed by atoms with Gasteiger partial charge in [-0.1, -0.05) is 25.2 Å². The largest absolute Gasteiger partial charge is 0.382 e. The Hall–Kier alpha value is -1.48. The number of amides is 1. The molecule has 4 N–H and O–H groups in total. The monoisotopic (exact) mass is 322 g/mol. The predicted molar refractivity (Wildman–Crippen MR) is 79.0 cm³/mol. The second kappa shape index (κ2) is 8.73. The fourth-order valence-electron chi connectivity index (χ4n) is 1.35. The number of nitrogens with zero attached hydrogens (tertiary/aromatic N) is 1. The van der Waals surface area contributed by atoms with E-state index in [9.17, 15) is 13.6 Å². The van der Waals surface area contributed by atoms with Crippen molar-refractivity contribution < 1.29 is 18.3 Å². The first-order chi connectivity index (χ1) is 9.90. The number of aromatic nitrogens is 1. The Bertz CT molecular complexity index is 454. The summed E-state index contributed by atoms with van der Waals surface area (Å²) in [6.45, 7) is 4.36. The number of anilines is 2. The molecule has 0 fully saturated rings. The normalized spacial score (nSPS) is 11.1. The SMILES string of the molecule is CC(C)CNc1nc(N)c(C(=O)NCCOCC(F)F)s1. The Morgan fingerprint density at radius 3 is 2.81 bits per heavy atom. The first-order valence-electron chi connectivity index (χ1n) is 6.54. The lowest BCUT2D eigenvalue weighted by Crippen LogP contribution is -2.27. The van der Waals surface area contributed by atoms with Crippen molar-refractivity contribution in [2.24, 2.45) is 5.92 Å². The van der Waals surface area contributed by atoms with Crippen LogP contribution in [0.3, 0.4) is 0 Å². The van der Waals surface area contributed by atoms with Gasteiger partial charge in [-0.05, 0) is 5.92 Å². The van der Waals surface area contributed by atoms with E-state index < -0.39 is 13.0 Å². The van der Waals surface area contributed by atoms with Crippen LogP contribution in [0.4, 0.5) is 19.7 Å². The van der Waals surface area contributed by atoms with Crippen LogP contribution >= 0.6 is 11.3 Å². The van der Waals surface area contributed by atoms with E-state index in [2.05, 4.69) is 34.2 Å². The van der Waals surface area contributed by atoms with Gasteiger partial charge in [-0.25, -0.2) is 13.8 Å². The van der Waals surface area contributed by atoms with Crippen molar-refractivity contribution in [2.75, 3.05) is 37.4 Å². The number of ether oxygens (including phenoxy) is 1. The highest BCUT2D eigenvalue weighted by atomic mass is 32.1. The maximum absolute atomic E-state index is 11.9. The zero-order valence-corrected chi connectivity index (χ0v) is 12.8. The maximum Gasteiger partial charge on any atom is 0.265 e. The second-order valence-corrected chi connectivity index (χ2v) is 5.73. The van der Waals surface area contributed by atoms with Gasteiger partial charge in [-0.15, -0.1) is 0 Å². The Morgan fingerprint density at radius 2 is 2.19 bits per heavy atom. The van der Waals surface area contributed by atoms with Crippen molar-refractivity contribution in [1.82, 2.24) is 10.3 Å². The Morgan fingerprint density at radius 1 is 1.48 bits per heavy atom. The van der Waals surface area contributed by atoms with Crippen LogP contribution in [0.15, 0.2) is 0 Å². The number of nitrogens with two attached hydrogens (primary N) is 1. The molecule has 1 heterocycles. The van der Waals surface area contributed by atoms with E-state index in [-0.39, 0.29) is 24.9 Å². The second-order valence-electron chi connectivity index (χ2n) is 4.73. The van der Waals surface area contributed by atoms with Gasteiger partial charge >= 0.3 is 0 Å². The van der Waals surface area contributed by atoms with Crippen LogP contribution in [0, 0.1) is 5.92 Å². The van der Waals surface area contributed by atoms with E-state index in [0.29, 0.717) is 15.9 Å². The van der Waals surface area contributed by atoms with Gasteiger partial charge in [0.15, 0.2) is 5.13 Å². The van der Waals surface area contributed by atoms with E-state index in [1.165, 1.54) is 0 Å². The van der Waals surface area contributed by atoms with Gasteiger partial charge in [0, 0.05) is 13.1 Å². The van der Waals surface area contributed by atoms with Crippen LogP contribution in [0.2, 0.25) is 0 Å². The Labute approximate surface area is 126 Å². The Kier molecular flexibility index (Phi) is 7.30. The molecule has 0 radical (unpaired) electrons.